The molecule has 0 bridgehead atoms. The molecule has 0 aliphatic carbocycles. The first kappa shape index (κ1) is 28.9. The van der Waals surface area contributed by atoms with Crippen molar-refractivity contribution in [2.45, 2.75) is 49.2 Å². The van der Waals surface area contributed by atoms with Gasteiger partial charge in [0.2, 0.25) is 5.91 Å². The van der Waals surface area contributed by atoms with Crippen molar-refractivity contribution in [3.8, 4) is 0 Å². The Balaban J connectivity index is 1.36. The van der Waals surface area contributed by atoms with E-state index in [0.717, 1.165) is 25.0 Å². The number of halogens is 1. The minimum Gasteiger partial charge on any atom is -0.376 e. The monoisotopic (exact) mass is 590 g/mol. The summed E-state index contributed by atoms with van der Waals surface area (Å²) in [7, 11) is 0. The van der Waals surface area contributed by atoms with Crippen LogP contribution in [0.15, 0.2) is 82.7 Å². The van der Waals surface area contributed by atoms with Gasteiger partial charge in [0.1, 0.15) is 0 Å². The van der Waals surface area contributed by atoms with Crippen LogP contribution in [-0.2, 0) is 16.1 Å². The topological polar surface area (TPSA) is 102 Å². The zero-order valence-electron chi connectivity index (χ0n) is 22.6. The lowest BCUT2D eigenvalue weighted by Crippen LogP contribution is -2.31. The summed E-state index contributed by atoms with van der Waals surface area (Å²) in [6.07, 6.45) is 2.57. The van der Waals surface area contributed by atoms with Gasteiger partial charge in [-0.25, -0.2) is 4.98 Å². The molecule has 5 rings (SSSR count). The van der Waals surface area contributed by atoms with Crippen molar-refractivity contribution in [1.82, 2.24) is 14.9 Å². The second kappa shape index (κ2) is 13.3. The lowest BCUT2D eigenvalue weighted by atomic mass is 10.1. The number of thioether (sulfide) groups is 1. The van der Waals surface area contributed by atoms with E-state index in [1.807, 2.05) is 25.1 Å². The van der Waals surface area contributed by atoms with E-state index in [2.05, 4.69) is 10.6 Å². The highest BCUT2D eigenvalue weighted by Crippen LogP contribution is 2.27. The number of nitrogens with zero attached hydrogens (tertiary/aromatic N) is 2. The van der Waals surface area contributed by atoms with Gasteiger partial charge in [-0.3, -0.25) is 19.0 Å². The van der Waals surface area contributed by atoms with Crippen molar-refractivity contribution in [1.29, 1.82) is 0 Å². The molecule has 1 saturated heterocycles. The molecular weight excluding hydrogens is 560 g/mol. The molecule has 1 aliphatic heterocycles. The summed E-state index contributed by atoms with van der Waals surface area (Å²) in [5.74, 6) is -0.350. The predicted molar refractivity (Wildman–Crippen MR) is 163 cm³/mol. The summed E-state index contributed by atoms with van der Waals surface area (Å²) in [6, 6.07) is 21.3. The molecule has 1 aliphatic rings. The number of nitrogens with one attached hydrogen (secondary N) is 2. The molecule has 2 atom stereocenters. The highest BCUT2D eigenvalue weighted by atomic mass is 35.5. The van der Waals surface area contributed by atoms with Crippen LogP contribution in [0.2, 0.25) is 5.02 Å². The maximum Gasteiger partial charge on any atom is 0.262 e. The molecule has 0 radical (unpaired) electrons. The lowest BCUT2D eigenvalue weighted by molar-refractivity contribution is -0.115. The summed E-state index contributed by atoms with van der Waals surface area (Å²) >= 11 is 7.23. The third-order valence-corrected chi connectivity index (χ3v) is 8.53. The second-order valence-corrected chi connectivity index (χ2v) is 11.5. The quantitative estimate of drug-likeness (QED) is 0.186. The van der Waals surface area contributed by atoms with Crippen LogP contribution in [0, 0.1) is 0 Å². The molecule has 0 spiro atoms. The zero-order valence-corrected chi connectivity index (χ0v) is 24.2. The Morgan fingerprint density at radius 1 is 1.10 bits per heavy atom. The fourth-order valence-electron chi connectivity index (χ4n) is 4.64. The van der Waals surface area contributed by atoms with Gasteiger partial charge in [0.05, 0.1) is 28.8 Å². The largest absolute Gasteiger partial charge is 0.376 e. The molecular formula is C31H31ClN4O4S. The normalized spacial score (nSPS) is 15.5. The van der Waals surface area contributed by atoms with Gasteiger partial charge >= 0.3 is 0 Å². The number of para-hydroxylation sites is 1. The maximum atomic E-state index is 13.6. The number of rotatable bonds is 10. The summed E-state index contributed by atoms with van der Waals surface area (Å²) in [5.41, 5.74) is 2.39. The smallest absolute Gasteiger partial charge is 0.262 e. The Morgan fingerprint density at radius 2 is 1.85 bits per heavy atom. The number of carbonyl (C=O) groups is 2. The number of anilines is 1. The summed E-state index contributed by atoms with van der Waals surface area (Å²) in [4.78, 5) is 44.2. The second-order valence-electron chi connectivity index (χ2n) is 9.86. The van der Waals surface area contributed by atoms with Gasteiger partial charge in [-0.2, -0.15) is 0 Å². The average Bonchev–Trinajstić information content (AvgIpc) is 3.52. The van der Waals surface area contributed by atoms with Crippen molar-refractivity contribution >= 4 is 51.8 Å². The number of ether oxygens (including phenoxy) is 1. The van der Waals surface area contributed by atoms with Crippen LogP contribution in [0.4, 0.5) is 5.69 Å². The minimum absolute atomic E-state index is 0.0710. The van der Waals surface area contributed by atoms with Crippen LogP contribution in [0.3, 0.4) is 0 Å². The SMILES string of the molecule is CC[C@@H](Sc1nc2ccccc2c(=O)n1Cc1ccc(C(=O)NC[C@@H]2CCCO2)cc1)C(=O)Nc1ccc(Cl)cc1. The number of aromatic nitrogens is 2. The van der Waals surface area contributed by atoms with Crippen LogP contribution in [-0.4, -0.2) is 45.9 Å². The van der Waals surface area contributed by atoms with Crippen molar-refractivity contribution in [2.24, 2.45) is 0 Å². The summed E-state index contributed by atoms with van der Waals surface area (Å²) < 4.78 is 7.17. The van der Waals surface area contributed by atoms with E-state index in [1.54, 1.807) is 59.2 Å². The molecule has 0 saturated carbocycles. The van der Waals surface area contributed by atoms with Crippen LogP contribution >= 0.6 is 23.4 Å². The van der Waals surface area contributed by atoms with Gasteiger partial charge in [-0.05, 0) is 73.4 Å². The Morgan fingerprint density at radius 3 is 2.56 bits per heavy atom. The number of fused-ring (bicyclic) bond motifs is 1. The highest BCUT2D eigenvalue weighted by molar-refractivity contribution is 8.00. The fourth-order valence-corrected chi connectivity index (χ4v) is 5.78. The molecule has 10 heteroatoms. The van der Waals surface area contributed by atoms with E-state index in [4.69, 9.17) is 21.3 Å². The summed E-state index contributed by atoms with van der Waals surface area (Å²) in [6.45, 7) is 3.39. The Hall–Kier alpha value is -3.66. The van der Waals surface area contributed by atoms with E-state index in [-0.39, 0.29) is 30.0 Å². The van der Waals surface area contributed by atoms with Gasteiger partial charge in [-0.15, -0.1) is 0 Å². The van der Waals surface area contributed by atoms with Crippen LogP contribution in [0.1, 0.15) is 42.1 Å². The van der Waals surface area contributed by atoms with Crippen molar-refractivity contribution in [3.63, 3.8) is 0 Å². The Bertz CT molecular complexity index is 1590. The number of hydrogen-bond acceptors (Lipinski definition) is 6. The van der Waals surface area contributed by atoms with Crippen LogP contribution in [0.5, 0.6) is 0 Å². The third-order valence-electron chi connectivity index (χ3n) is 6.92. The standard InChI is InChI=1S/C31H31ClN4O4S/c1-2-27(29(38)34-23-15-13-22(32)14-16-23)41-31-35-26-8-4-3-7-25(26)30(39)36(31)19-20-9-11-21(12-10-20)28(37)33-18-24-6-5-17-40-24/h3-4,7-16,24,27H,2,5-6,17-19H2,1H3,(H,33,37)(H,34,38)/t24-,27+/m0/s1. The zero-order chi connectivity index (χ0) is 28.8. The van der Waals surface area contributed by atoms with E-state index >= 15 is 0 Å². The molecule has 1 aromatic heterocycles. The number of hydrogen-bond donors (Lipinski definition) is 2. The Kier molecular flexibility index (Phi) is 9.38. The molecule has 212 valence electrons. The minimum atomic E-state index is -0.486. The molecule has 2 N–H and O–H groups in total. The van der Waals surface area contributed by atoms with Gasteiger partial charge < -0.3 is 15.4 Å². The Labute approximate surface area is 247 Å². The first-order valence-electron chi connectivity index (χ1n) is 13.6. The molecule has 41 heavy (non-hydrogen) atoms. The van der Waals surface area contributed by atoms with E-state index < -0.39 is 5.25 Å². The molecule has 2 heterocycles. The van der Waals surface area contributed by atoms with Gasteiger partial charge in [0.15, 0.2) is 5.16 Å². The fraction of sp³-hybridized carbons (Fsp3) is 0.290. The van der Waals surface area contributed by atoms with Gasteiger partial charge in [0, 0.05) is 29.4 Å². The predicted octanol–water partition coefficient (Wildman–Crippen LogP) is 5.52. The number of carbonyl (C=O) groups excluding carboxylic acids is 2. The molecule has 8 nitrogen and oxygen atoms in total. The first-order valence-corrected chi connectivity index (χ1v) is 14.9. The van der Waals surface area contributed by atoms with Crippen molar-refractivity contribution in [2.75, 3.05) is 18.5 Å². The lowest BCUT2D eigenvalue weighted by Gasteiger charge is -2.18. The van der Waals surface area contributed by atoms with Gasteiger partial charge in [0.25, 0.3) is 11.5 Å². The van der Waals surface area contributed by atoms with E-state index in [1.165, 1.54) is 11.8 Å². The van der Waals surface area contributed by atoms with Crippen LogP contribution < -0.4 is 16.2 Å². The average molecular weight is 591 g/mol. The van der Waals surface area contributed by atoms with Gasteiger partial charge in [-0.1, -0.05) is 54.6 Å². The van der Waals surface area contributed by atoms with Crippen LogP contribution in [0.25, 0.3) is 10.9 Å². The molecule has 3 aromatic carbocycles. The van der Waals surface area contributed by atoms with Crippen molar-refractivity contribution < 1.29 is 14.3 Å². The highest BCUT2D eigenvalue weighted by Gasteiger charge is 2.23. The number of amides is 2. The third kappa shape index (κ3) is 7.16. The first-order chi connectivity index (χ1) is 19.9. The van der Waals surface area contributed by atoms with E-state index in [0.29, 0.717) is 45.3 Å². The van der Waals surface area contributed by atoms with E-state index in [9.17, 15) is 14.4 Å². The number of benzene rings is 3. The molecule has 4 aromatic rings. The molecule has 0 unspecified atom stereocenters. The molecule has 1 fully saturated rings. The molecule has 2 amide bonds. The summed E-state index contributed by atoms with van der Waals surface area (Å²) in [5, 5.41) is 6.91. The maximum absolute atomic E-state index is 13.6. The van der Waals surface area contributed by atoms with Crippen molar-refractivity contribution in [3.05, 3.63) is 99.3 Å².